The molecule has 52 valence electrons. The molecule has 0 aromatic heterocycles. The van der Waals surface area contributed by atoms with Gasteiger partial charge in [0.2, 0.25) is 0 Å². The zero-order valence-electron chi connectivity index (χ0n) is 6.06. The maximum Gasteiger partial charge on any atom is 0.0247 e. The predicted molar refractivity (Wildman–Crippen MR) is 40.4 cm³/mol. The summed E-state index contributed by atoms with van der Waals surface area (Å²) in [6.45, 7) is 7.19. The maximum atomic E-state index is 3.75. The molecule has 9 heavy (non-hydrogen) atoms. The third-order valence-corrected chi connectivity index (χ3v) is 1.98. The highest BCUT2D eigenvalue weighted by atomic mass is 14.9. The first-order valence-corrected chi connectivity index (χ1v) is 3.69. The van der Waals surface area contributed by atoms with Crippen LogP contribution in [0.2, 0.25) is 0 Å². The summed E-state index contributed by atoms with van der Waals surface area (Å²) in [5.41, 5.74) is 0. The summed E-state index contributed by atoms with van der Waals surface area (Å²) in [5.74, 6) is 0.862. The Morgan fingerprint density at radius 2 is 2.33 bits per heavy atom. The van der Waals surface area contributed by atoms with Crippen molar-refractivity contribution in [1.29, 1.82) is 0 Å². The third kappa shape index (κ3) is 1.83. The predicted octanol–water partition coefficient (Wildman–Crippen LogP) is 1.56. The summed E-state index contributed by atoms with van der Waals surface area (Å²) in [7, 11) is 0. The third-order valence-electron chi connectivity index (χ3n) is 1.98. The molecule has 0 saturated carbocycles. The number of hydrogen-bond donors (Lipinski definition) is 1. The Bertz CT molecular complexity index is 90.7. The van der Waals surface area contributed by atoms with Gasteiger partial charge in [-0.1, -0.05) is 13.0 Å². The van der Waals surface area contributed by atoms with E-state index in [1.54, 1.807) is 0 Å². The zero-order valence-corrected chi connectivity index (χ0v) is 6.06. The van der Waals surface area contributed by atoms with Gasteiger partial charge in [-0.2, -0.15) is 0 Å². The summed E-state index contributed by atoms with van der Waals surface area (Å²) in [6.07, 6.45) is 4.63. The number of nitrogens with one attached hydrogen (secondary N) is 1. The summed E-state index contributed by atoms with van der Waals surface area (Å²) < 4.78 is 0. The van der Waals surface area contributed by atoms with E-state index in [1.807, 2.05) is 6.08 Å². The summed E-state index contributed by atoms with van der Waals surface area (Å²) >= 11 is 0. The largest absolute Gasteiger partial charge is 0.310 e. The van der Waals surface area contributed by atoms with Gasteiger partial charge in [0, 0.05) is 6.04 Å². The van der Waals surface area contributed by atoms with E-state index in [9.17, 15) is 0 Å². The van der Waals surface area contributed by atoms with Crippen LogP contribution in [0, 0.1) is 5.92 Å². The van der Waals surface area contributed by atoms with E-state index in [2.05, 4.69) is 18.8 Å². The number of rotatable bonds is 1. The molecular formula is C8H15N. The Kier molecular flexibility index (Phi) is 2.29. The Morgan fingerprint density at radius 1 is 1.56 bits per heavy atom. The van der Waals surface area contributed by atoms with Gasteiger partial charge in [-0.25, -0.2) is 0 Å². The number of piperidine rings is 1. The summed E-state index contributed by atoms with van der Waals surface area (Å²) in [5, 5.41) is 3.40. The molecular weight excluding hydrogens is 110 g/mol. The van der Waals surface area contributed by atoms with Gasteiger partial charge in [-0.15, -0.1) is 6.58 Å². The standard InChI is InChI=1S/C8H15N/c1-3-8-5-4-7(2)6-9-8/h3,7-9H,1,4-6H2,2H3/t7?,8-/m0/s1. The SMILES string of the molecule is C=C[C@H]1CCC(C)CN1. The van der Waals surface area contributed by atoms with E-state index in [1.165, 1.54) is 12.8 Å². The van der Waals surface area contributed by atoms with Crippen molar-refractivity contribution < 1.29 is 0 Å². The van der Waals surface area contributed by atoms with Crippen molar-refractivity contribution in [1.82, 2.24) is 5.32 Å². The molecule has 1 nitrogen and oxygen atoms in total. The summed E-state index contributed by atoms with van der Waals surface area (Å²) in [4.78, 5) is 0. The average molecular weight is 125 g/mol. The second kappa shape index (κ2) is 3.02. The minimum absolute atomic E-state index is 0.584. The second-order valence-corrected chi connectivity index (χ2v) is 2.93. The molecule has 1 N–H and O–H groups in total. The molecule has 1 aliphatic heterocycles. The zero-order chi connectivity index (χ0) is 6.69. The van der Waals surface area contributed by atoms with Gasteiger partial charge in [-0.05, 0) is 25.3 Å². The monoisotopic (exact) mass is 125 g/mol. The fraction of sp³-hybridized carbons (Fsp3) is 0.750. The van der Waals surface area contributed by atoms with Gasteiger partial charge in [0.25, 0.3) is 0 Å². The van der Waals surface area contributed by atoms with Crippen LogP contribution < -0.4 is 5.32 Å². The quantitative estimate of drug-likeness (QED) is 0.524. The number of hydrogen-bond acceptors (Lipinski definition) is 1. The molecule has 0 bridgehead atoms. The molecule has 0 aromatic carbocycles. The summed E-state index contributed by atoms with van der Waals surface area (Å²) in [6, 6.07) is 0.584. The lowest BCUT2D eigenvalue weighted by Gasteiger charge is -2.24. The van der Waals surface area contributed by atoms with Crippen molar-refractivity contribution in [3.63, 3.8) is 0 Å². The van der Waals surface area contributed by atoms with Crippen LogP contribution in [0.3, 0.4) is 0 Å². The smallest absolute Gasteiger partial charge is 0.0247 e. The van der Waals surface area contributed by atoms with Gasteiger partial charge in [0.1, 0.15) is 0 Å². The van der Waals surface area contributed by atoms with Gasteiger partial charge in [0.15, 0.2) is 0 Å². The Hall–Kier alpha value is -0.300. The average Bonchev–Trinajstić information content (AvgIpc) is 1.90. The van der Waals surface area contributed by atoms with Crippen molar-refractivity contribution in [2.45, 2.75) is 25.8 Å². The molecule has 0 radical (unpaired) electrons. The first-order valence-electron chi connectivity index (χ1n) is 3.69. The Labute approximate surface area is 57.1 Å². The Balaban J connectivity index is 2.26. The van der Waals surface area contributed by atoms with Gasteiger partial charge in [0.05, 0.1) is 0 Å². The van der Waals surface area contributed by atoms with Crippen LogP contribution in [-0.2, 0) is 0 Å². The van der Waals surface area contributed by atoms with E-state index >= 15 is 0 Å². The van der Waals surface area contributed by atoms with Crippen LogP contribution in [0.4, 0.5) is 0 Å². The topological polar surface area (TPSA) is 12.0 Å². The van der Waals surface area contributed by atoms with Crippen LogP contribution in [-0.4, -0.2) is 12.6 Å². The lowest BCUT2D eigenvalue weighted by atomic mass is 9.97. The van der Waals surface area contributed by atoms with E-state index < -0.39 is 0 Å². The molecule has 2 atom stereocenters. The molecule has 1 saturated heterocycles. The van der Waals surface area contributed by atoms with E-state index in [0.717, 1.165) is 12.5 Å². The highest BCUT2D eigenvalue weighted by molar-refractivity contribution is 4.88. The molecule has 0 aliphatic carbocycles. The molecule has 1 unspecified atom stereocenters. The van der Waals surface area contributed by atoms with Crippen molar-refractivity contribution in [2.24, 2.45) is 5.92 Å². The van der Waals surface area contributed by atoms with Crippen LogP contribution in [0.5, 0.6) is 0 Å². The van der Waals surface area contributed by atoms with E-state index in [0.29, 0.717) is 6.04 Å². The fourth-order valence-corrected chi connectivity index (χ4v) is 1.22. The van der Waals surface area contributed by atoms with E-state index in [4.69, 9.17) is 0 Å². The normalized spacial score (nSPS) is 36.1. The van der Waals surface area contributed by atoms with Crippen molar-refractivity contribution in [3.8, 4) is 0 Å². The lowest BCUT2D eigenvalue weighted by Crippen LogP contribution is -2.36. The maximum absolute atomic E-state index is 3.75. The fourth-order valence-electron chi connectivity index (χ4n) is 1.22. The second-order valence-electron chi connectivity index (χ2n) is 2.93. The van der Waals surface area contributed by atoms with Crippen LogP contribution in [0.15, 0.2) is 12.7 Å². The Morgan fingerprint density at radius 3 is 2.78 bits per heavy atom. The first-order chi connectivity index (χ1) is 4.33. The molecule has 0 amide bonds. The minimum Gasteiger partial charge on any atom is -0.310 e. The minimum atomic E-state index is 0.584. The van der Waals surface area contributed by atoms with Gasteiger partial charge in [-0.3, -0.25) is 0 Å². The highest BCUT2D eigenvalue weighted by Gasteiger charge is 2.13. The van der Waals surface area contributed by atoms with E-state index in [-0.39, 0.29) is 0 Å². The molecule has 1 fully saturated rings. The molecule has 0 aromatic rings. The molecule has 1 aliphatic rings. The first kappa shape index (κ1) is 6.81. The van der Waals surface area contributed by atoms with Crippen molar-refractivity contribution in [3.05, 3.63) is 12.7 Å². The van der Waals surface area contributed by atoms with Gasteiger partial charge < -0.3 is 5.32 Å². The van der Waals surface area contributed by atoms with Crippen LogP contribution >= 0.6 is 0 Å². The van der Waals surface area contributed by atoms with Gasteiger partial charge >= 0.3 is 0 Å². The molecule has 1 heteroatoms. The molecule has 1 heterocycles. The molecule has 1 rings (SSSR count). The van der Waals surface area contributed by atoms with Crippen LogP contribution in [0.25, 0.3) is 0 Å². The van der Waals surface area contributed by atoms with Crippen molar-refractivity contribution in [2.75, 3.05) is 6.54 Å². The highest BCUT2D eigenvalue weighted by Crippen LogP contribution is 2.12. The molecule has 0 spiro atoms. The van der Waals surface area contributed by atoms with Crippen molar-refractivity contribution >= 4 is 0 Å². The van der Waals surface area contributed by atoms with Crippen LogP contribution in [0.1, 0.15) is 19.8 Å². The lowest BCUT2D eigenvalue weighted by molar-refractivity contribution is 0.362.